The molecule has 0 bridgehead atoms. The first kappa shape index (κ1) is 20.4. The molecular weight excluding hydrogens is 338 g/mol. The van der Waals surface area contributed by atoms with Gasteiger partial charge < -0.3 is 10.1 Å². The third-order valence-electron chi connectivity index (χ3n) is 4.32. The smallest absolute Gasteiger partial charge is 0.331 e. The van der Waals surface area contributed by atoms with E-state index in [2.05, 4.69) is 19.2 Å². The summed E-state index contributed by atoms with van der Waals surface area (Å²) in [7, 11) is 0. The van der Waals surface area contributed by atoms with Crippen molar-refractivity contribution in [2.24, 2.45) is 0 Å². The van der Waals surface area contributed by atoms with Crippen molar-refractivity contribution in [2.75, 3.05) is 5.32 Å². The largest absolute Gasteiger partial charge is 0.449 e. The second-order valence-corrected chi connectivity index (χ2v) is 7.04. The van der Waals surface area contributed by atoms with Crippen molar-refractivity contribution in [1.82, 2.24) is 0 Å². The second kappa shape index (κ2) is 9.17. The van der Waals surface area contributed by atoms with Crippen molar-refractivity contribution >= 4 is 23.6 Å². The molecule has 2 rings (SSSR count). The molecule has 1 amide bonds. The maximum Gasteiger partial charge on any atom is 0.331 e. The fourth-order valence-electron chi connectivity index (χ4n) is 2.61. The Kier molecular flexibility index (Phi) is 6.94. The van der Waals surface area contributed by atoms with E-state index in [1.165, 1.54) is 11.6 Å². The normalized spacial score (nSPS) is 12.2. The van der Waals surface area contributed by atoms with Gasteiger partial charge in [-0.3, -0.25) is 4.79 Å². The molecule has 0 aromatic heterocycles. The van der Waals surface area contributed by atoms with E-state index in [-0.39, 0.29) is 5.91 Å². The summed E-state index contributed by atoms with van der Waals surface area (Å²) in [6.45, 7) is 9.74. The maximum absolute atomic E-state index is 12.2. The van der Waals surface area contributed by atoms with E-state index in [1.807, 2.05) is 56.3 Å². The Bertz CT molecular complexity index is 835. The molecule has 142 valence electrons. The fraction of sp³-hybridized carbons (Fsp3) is 0.304. The average molecular weight is 365 g/mol. The van der Waals surface area contributed by atoms with Crippen LogP contribution in [0.5, 0.6) is 0 Å². The number of rotatable bonds is 6. The number of hydrogen-bond donors (Lipinski definition) is 1. The summed E-state index contributed by atoms with van der Waals surface area (Å²) in [4.78, 5) is 24.2. The van der Waals surface area contributed by atoms with E-state index in [1.54, 1.807) is 13.0 Å². The molecule has 4 nitrogen and oxygen atoms in total. The van der Waals surface area contributed by atoms with Crippen LogP contribution in [-0.2, 0) is 14.3 Å². The minimum Gasteiger partial charge on any atom is -0.449 e. The van der Waals surface area contributed by atoms with Gasteiger partial charge >= 0.3 is 5.97 Å². The number of benzene rings is 2. The van der Waals surface area contributed by atoms with Gasteiger partial charge in [-0.25, -0.2) is 4.79 Å². The van der Waals surface area contributed by atoms with Crippen LogP contribution in [0, 0.1) is 13.8 Å². The number of ether oxygens (including phenoxy) is 1. The highest BCUT2D eigenvalue weighted by Crippen LogP contribution is 2.17. The van der Waals surface area contributed by atoms with Gasteiger partial charge in [0, 0.05) is 11.8 Å². The summed E-state index contributed by atoms with van der Waals surface area (Å²) in [6, 6.07) is 13.7. The van der Waals surface area contributed by atoms with Gasteiger partial charge in [-0.2, -0.15) is 0 Å². The van der Waals surface area contributed by atoms with Gasteiger partial charge in [-0.15, -0.1) is 0 Å². The van der Waals surface area contributed by atoms with E-state index < -0.39 is 12.1 Å². The van der Waals surface area contributed by atoms with Crippen LogP contribution in [0.1, 0.15) is 48.9 Å². The molecule has 27 heavy (non-hydrogen) atoms. The van der Waals surface area contributed by atoms with Gasteiger partial charge in [-0.1, -0.05) is 55.8 Å². The molecular formula is C23H27NO3. The van der Waals surface area contributed by atoms with Crippen molar-refractivity contribution < 1.29 is 14.3 Å². The number of nitrogens with one attached hydrogen (secondary N) is 1. The monoisotopic (exact) mass is 365 g/mol. The summed E-state index contributed by atoms with van der Waals surface area (Å²) in [5.74, 6) is -0.444. The fourth-order valence-corrected chi connectivity index (χ4v) is 2.61. The highest BCUT2D eigenvalue weighted by Gasteiger charge is 2.17. The van der Waals surface area contributed by atoms with Crippen LogP contribution in [0.3, 0.4) is 0 Å². The molecule has 0 fully saturated rings. The van der Waals surface area contributed by atoms with E-state index >= 15 is 0 Å². The summed E-state index contributed by atoms with van der Waals surface area (Å²) in [6.07, 6.45) is 2.14. The lowest BCUT2D eigenvalue weighted by Crippen LogP contribution is -2.29. The Morgan fingerprint density at radius 3 is 2.26 bits per heavy atom. The summed E-state index contributed by atoms with van der Waals surface area (Å²) in [5.41, 5.74) is 4.95. The minimum atomic E-state index is -0.883. The van der Waals surface area contributed by atoms with Crippen molar-refractivity contribution in [3.05, 3.63) is 70.8 Å². The van der Waals surface area contributed by atoms with Crippen LogP contribution in [0.4, 0.5) is 5.69 Å². The lowest BCUT2D eigenvalue weighted by molar-refractivity contribution is -0.148. The van der Waals surface area contributed by atoms with Crippen LogP contribution in [0.2, 0.25) is 0 Å². The van der Waals surface area contributed by atoms with Gasteiger partial charge in [0.1, 0.15) is 0 Å². The Hall–Kier alpha value is -2.88. The summed E-state index contributed by atoms with van der Waals surface area (Å²) in [5, 5.41) is 2.79. The molecule has 1 atom stereocenters. The molecule has 0 radical (unpaired) electrons. The van der Waals surface area contributed by atoms with E-state index in [0.29, 0.717) is 11.6 Å². The van der Waals surface area contributed by atoms with E-state index in [4.69, 9.17) is 4.74 Å². The number of hydrogen-bond acceptors (Lipinski definition) is 3. The SMILES string of the molecule is Cc1ccc(NC(=O)[C@H](C)OC(=O)/C=C/c2ccc(C(C)C)cc2)c(C)c1. The molecule has 0 heterocycles. The molecule has 0 aliphatic carbocycles. The molecule has 2 aromatic rings. The molecule has 0 spiro atoms. The third kappa shape index (κ3) is 6.10. The third-order valence-corrected chi connectivity index (χ3v) is 4.32. The topological polar surface area (TPSA) is 55.4 Å². The molecule has 2 aromatic carbocycles. The standard InChI is InChI=1S/C23H27NO3/c1-15(2)20-10-7-19(8-11-20)9-13-22(25)27-18(5)23(26)24-21-12-6-16(3)14-17(21)4/h6-15,18H,1-5H3,(H,24,26)/b13-9+/t18-/m0/s1. The number of carbonyl (C=O) groups is 2. The Morgan fingerprint density at radius 2 is 1.67 bits per heavy atom. The van der Waals surface area contributed by atoms with Crippen molar-refractivity contribution in [1.29, 1.82) is 0 Å². The lowest BCUT2D eigenvalue weighted by atomic mass is 10.0. The van der Waals surface area contributed by atoms with Crippen molar-refractivity contribution in [2.45, 2.75) is 46.6 Å². The van der Waals surface area contributed by atoms with Gasteiger partial charge in [0.05, 0.1) is 0 Å². The predicted octanol–water partition coefficient (Wildman–Crippen LogP) is 5.01. The molecule has 1 N–H and O–H groups in total. The van der Waals surface area contributed by atoms with Crippen LogP contribution in [-0.4, -0.2) is 18.0 Å². The quantitative estimate of drug-likeness (QED) is 0.578. The van der Waals surface area contributed by atoms with Gasteiger partial charge in [0.25, 0.3) is 5.91 Å². The highest BCUT2D eigenvalue weighted by molar-refractivity contribution is 5.97. The number of carbonyl (C=O) groups excluding carboxylic acids is 2. The number of esters is 1. The van der Waals surface area contributed by atoms with Crippen LogP contribution in [0.15, 0.2) is 48.5 Å². The van der Waals surface area contributed by atoms with Crippen molar-refractivity contribution in [3.8, 4) is 0 Å². The van der Waals surface area contributed by atoms with Crippen LogP contribution < -0.4 is 5.32 Å². The number of anilines is 1. The first-order valence-electron chi connectivity index (χ1n) is 9.13. The Balaban J connectivity index is 1.91. The zero-order valence-electron chi connectivity index (χ0n) is 16.6. The zero-order chi connectivity index (χ0) is 20.0. The summed E-state index contributed by atoms with van der Waals surface area (Å²) < 4.78 is 5.19. The molecule has 0 saturated carbocycles. The molecule has 0 unspecified atom stereocenters. The summed E-state index contributed by atoms with van der Waals surface area (Å²) >= 11 is 0. The first-order valence-corrected chi connectivity index (χ1v) is 9.13. The molecule has 0 aliphatic rings. The molecule has 0 aliphatic heterocycles. The maximum atomic E-state index is 12.2. The minimum absolute atomic E-state index is 0.356. The van der Waals surface area contributed by atoms with Gasteiger partial charge in [0.15, 0.2) is 6.10 Å². The first-order chi connectivity index (χ1) is 12.8. The number of aryl methyl sites for hydroxylation is 2. The zero-order valence-corrected chi connectivity index (χ0v) is 16.6. The Morgan fingerprint density at radius 1 is 1.00 bits per heavy atom. The van der Waals surface area contributed by atoms with Gasteiger partial charge in [0.2, 0.25) is 0 Å². The van der Waals surface area contributed by atoms with E-state index in [0.717, 1.165) is 16.7 Å². The average Bonchev–Trinajstić information content (AvgIpc) is 2.62. The predicted molar refractivity (Wildman–Crippen MR) is 110 cm³/mol. The second-order valence-electron chi connectivity index (χ2n) is 7.04. The lowest BCUT2D eigenvalue weighted by Gasteiger charge is -2.14. The Labute approximate surface area is 161 Å². The van der Waals surface area contributed by atoms with Crippen LogP contribution in [0.25, 0.3) is 6.08 Å². The molecule has 4 heteroatoms. The highest BCUT2D eigenvalue weighted by atomic mass is 16.5. The van der Waals surface area contributed by atoms with E-state index in [9.17, 15) is 9.59 Å². The van der Waals surface area contributed by atoms with Gasteiger partial charge in [-0.05, 0) is 55.5 Å². The number of amides is 1. The van der Waals surface area contributed by atoms with Crippen LogP contribution >= 0.6 is 0 Å². The molecule has 0 saturated heterocycles. The van der Waals surface area contributed by atoms with Crippen molar-refractivity contribution in [3.63, 3.8) is 0 Å².